The molecule has 0 saturated carbocycles. The molecule has 0 fully saturated rings. The maximum absolute atomic E-state index is 12.3. The number of hydrogen-bond donors (Lipinski definition) is 2. The third-order valence-corrected chi connectivity index (χ3v) is 3.92. The molecule has 2 aromatic carbocycles. The highest BCUT2D eigenvalue weighted by Gasteiger charge is 2.16. The van der Waals surface area contributed by atoms with Gasteiger partial charge in [-0.2, -0.15) is 0 Å². The van der Waals surface area contributed by atoms with E-state index < -0.39 is 0 Å². The minimum absolute atomic E-state index is 0.188. The van der Waals surface area contributed by atoms with Crippen molar-refractivity contribution in [2.75, 3.05) is 5.32 Å². The summed E-state index contributed by atoms with van der Waals surface area (Å²) in [6.07, 6.45) is 0. The topological polar surface area (TPSA) is 58.2 Å². The zero-order chi connectivity index (χ0) is 17.9. The Morgan fingerprint density at radius 3 is 1.96 bits per heavy atom. The molecule has 0 aliphatic carbocycles. The minimum Gasteiger partial charge on any atom is -0.347 e. The zero-order valence-corrected chi connectivity index (χ0v) is 15.1. The summed E-state index contributed by atoms with van der Waals surface area (Å²) in [7, 11) is 0. The molecule has 0 atom stereocenters. The summed E-state index contributed by atoms with van der Waals surface area (Å²) in [5.41, 5.74) is 1.01. The molecule has 2 aromatic rings. The van der Waals surface area contributed by atoms with Crippen LogP contribution in [0.1, 0.15) is 41.5 Å². The molecule has 0 spiro atoms. The highest BCUT2D eigenvalue weighted by molar-refractivity contribution is 6.44. The van der Waals surface area contributed by atoms with Crippen LogP contribution in [0, 0.1) is 0 Å². The Morgan fingerprint density at radius 1 is 0.875 bits per heavy atom. The van der Waals surface area contributed by atoms with Gasteiger partial charge in [0.05, 0.1) is 15.7 Å². The number of carbonyl (C=O) groups excluding carboxylic acids is 2. The Hall–Kier alpha value is -2.04. The van der Waals surface area contributed by atoms with Crippen LogP contribution < -0.4 is 10.6 Å². The van der Waals surface area contributed by atoms with Crippen molar-refractivity contribution in [1.29, 1.82) is 0 Å². The molecule has 4 nitrogen and oxygen atoms in total. The van der Waals surface area contributed by atoms with Gasteiger partial charge in [0.1, 0.15) is 0 Å². The molecule has 2 amide bonds. The van der Waals surface area contributed by atoms with Crippen molar-refractivity contribution < 1.29 is 9.59 Å². The van der Waals surface area contributed by atoms with E-state index in [0.29, 0.717) is 21.8 Å². The average Bonchev–Trinajstić information content (AvgIpc) is 2.50. The third-order valence-electron chi connectivity index (χ3n) is 3.10. The van der Waals surface area contributed by atoms with Gasteiger partial charge in [-0.25, -0.2) is 0 Å². The van der Waals surface area contributed by atoms with Gasteiger partial charge in [-0.15, -0.1) is 0 Å². The quantitative estimate of drug-likeness (QED) is 0.823. The van der Waals surface area contributed by atoms with Crippen LogP contribution >= 0.6 is 23.2 Å². The SMILES string of the molecule is CC(C)(C)NC(=O)c1ccc(C(=O)Nc2cccc(Cl)c2Cl)cc1. The van der Waals surface area contributed by atoms with Gasteiger partial charge in [0.15, 0.2) is 0 Å². The summed E-state index contributed by atoms with van der Waals surface area (Å²) in [5.74, 6) is -0.519. The molecule has 0 aliphatic heterocycles. The van der Waals surface area contributed by atoms with Crippen LogP contribution in [-0.4, -0.2) is 17.4 Å². The lowest BCUT2D eigenvalue weighted by Gasteiger charge is -2.20. The number of halogens is 2. The van der Waals surface area contributed by atoms with Gasteiger partial charge in [-0.05, 0) is 57.2 Å². The van der Waals surface area contributed by atoms with Crippen LogP contribution in [0.15, 0.2) is 42.5 Å². The van der Waals surface area contributed by atoms with Crippen molar-refractivity contribution in [2.24, 2.45) is 0 Å². The van der Waals surface area contributed by atoms with Gasteiger partial charge in [-0.3, -0.25) is 9.59 Å². The van der Waals surface area contributed by atoms with Crippen LogP contribution in [0.5, 0.6) is 0 Å². The van der Waals surface area contributed by atoms with E-state index in [2.05, 4.69) is 10.6 Å². The molecule has 2 rings (SSSR count). The lowest BCUT2D eigenvalue weighted by molar-refractivity contribution is 0.0918. The van der Waals surface area contributed by atoms with E-state index >= 15 is 0 Å². The molecule has 0 bridgehead atoms. The van der Waals surface area contributed by atoms with Crippen molar-refractivity contribution in [3.8, 4) is 0 Å². The number of amides is 2. The summed E-state index contributed by atoms with van der Waals surface area (Å²) < 4.78 is 0. The van der Waals surface area contributed by atoms with E-state index in [-0.39, 0.29) is 22.4 Å². The monoisotopic (exact) mass is 364 g/mol. The first-order valence-corrected chi connectivity index (χ1v) is 8.11. The molecule has 24 heavy (non-hydrogen) atoms. The van der Waals surface area contributed by atoms with Crippen LogP contribution in [-0.2, 0) is 0 Å². The maximum Gasteiger partial charge on any atom is 0.255 e. The van der Waals surface area contributed by atoms with Crippen LogP contribution in [0.3, 0.4) is 0 Å². The van der Waals surface area contributed by atoms with Gasteiger partial charge < -0.3 is 10.6 Å². The summed E-state index contributed by atoms with van der Waals surface area (Å²) >= 11 is 12.0. The Kier molecular flexibility index (Phi) is 5.52. The Balaban J connectivity index is 2.11. The molecular weight excluding hydrogens is 347 g/mol. The molecule has 126 valence electrons. The number of rotatable bonds is 3. The summed E-state index contributed by atoms with van der Waals surface area (Å²) in [4.78, 5) is 24.3. The molecular formula is C18H18Cl2N2O2. The highest BCUT2D eigenvalue weighted by atomic mass is 35.5. The van der Waals surface area contributed by atoms with Crippen molar-refractivity contribution in [1.82, 2.24) is 5.32 Å². The van der Waals surface area contributed by atoms with Crippen LogP contribution in [0.25, 0.3) is 0 Å². The predicted octanol–water partition coefficient (Wildman–Crippen LogP) is 4.77. The largest absolute Gasteiger partial charge is 0.347 e. The second-order valence-electron chi connectivity index (χ2n) is 6.34. The van der Waals surface area contributed by atoms with Gasteiger partial charge in [0.25, 0.3) is 11.8 Å². The van der Waals surface area contributed by atoms with Crippen molar-refractivity contribution >= 4 is 40.7 Å². The lowest BCUT2D eigenvalue weighted by Crippen LogP contribution is -2.40. The van der Waals surface area contributed by atoms with E-state index in [1.54, 1.807) is 42.5 Å². The summed E-state index contributed by atoms with van der Waals surface area (Å²) in [6.45, 7) is 5.71. The first-order chi connectivity index (χ1) is 11.2. The van der Waals surface area contributed by atoms with Gasteiger partial charge in [0, 0.05) is 16.7 Å². The fraction of sp³-hybridized carbons (Fsp3) is 0.222. The fourth-order valence-electron chi connectivity index (χ4n) is 1.98. The summed E-state index contributed by atoms with van der Waals surface area (Å²) in [6, 6.07) is 11.4. The number of hydrogen-bond acceptors (Lipinski definition) is 2. The lowest BCUT2D eigenvalue weighted by atomic mass is 10.1. The van der Waals surface area contributed by atoms with Crippen molar-refractivity contribution in [3.05, 3.63) is 63.6 Å². The first-order valence-electron chi connectivity index (χ1n) is 7.35. The second-order valence-corrected chi connectivity index (χ2v) is 7.12. The number of anilines is 1. The molecule has 0 aromatic heterocycles. The second kappa shape index (κ2) is 7.24. The number of nitrogens with one attached hydrogen (secondary N) is 2. The van der Waals surface area contributed by atoms with Gasteiger partial charge in [-0.1, -0.05) is 29.3 Å². The minimum atomic E-state index is -0.332. The number of benzene rings is 2. The van der Waals surface area contributed by atoms with E-state index in [1.807, 2.05) is 20.8 Å². The maximum atomic E-state index is 12.3. The molecule has 0 aliphatic rings. The van der Waals surface area contributed by atoms with Crippen molar-refractivity contribution in [2.45, 2.75) is 26.3 Å². The van der Waals surface area contributed by atoms with E-state index in [4.69, 9.17) is 23.2 Å². The fourth-order valence-corrected chi connectivity index (χ4v) is 2.33. The van der Waals surface area contributed by atoms with E-state index in [9.17, 15) is 9.59 Å². The van der Waals surface area contributed by atoms with E-state index in [1.165, 1.54) is 0 Å². The molecule has 0 heterocycles. The highest BCUT2D eigenvalue weighted by Crippen LogP contribution is 2.29. The van der Waals surface area contributed by atoms with Gasteiger partial charge in [0.2, 0.25) is 0 Å². The van der Waals surface area contributed by atoms with E-state index in [0.717, 1.165) is 0 Å². The Morgan fingerprint density at radius 2 is 1.42 bits per heavy atom. The molecule has 6 heteroatoms. The predicted molar refractivity (Wildman–Crippen MR) is 98.1 cm³/mol. The molecule has 2 N–H and O–H groups in total. The smallest absolute Gasteiger partial charge is 0.255 e. The zero-order valence-electron chi connectivity index (χ0n) is 13.6. The van der Waals surface area contributed by atoms with Crippen LogP contribution in [0.2, 0.25) is 10.0 Å². The van der Waals surface area contributed by atoms with Crippen LogP contribution in [0.4, 0.5) is 5.69 Å². The number of carbonyl (C=O) groups is 2. The standard InChI is InChI=1S/C18H18Cl2N2O2/c1-18(2,3)22-17(24)12-9-7-11(8-10-12)16(23)21-14-6-4-5-13(19)15(14)20/h4-10H,1-3H3,(H,21,23)(H,22,24). The normalized spacial score (nSPS) is 11.0. The Bertz CT molecular complexity index is 766. The first kappa shape index (κ1) is 18.3. The Labute approximate surface area is 151 Å². The van der Waals surface area contributed by atoms with Crippen molar-refractivity contribution in [3.63, 3.8) is 0 Å². The third kappa shape index (κ3) is 4.73. The van der Waals surface area contributed by atoms with Gasteiger partial charge >= 0.3 is 0 Å². The average molecular weight is 365 g/mol. The molecule has 0 unspecified atom stereocenters. The summed E-state index contributed by atoms with van der Waals surface area (Å²) in [5, 5.41) is 6.21. The molecule has 0 saturated heterocycles. The molecule has 0 radical (unpaired) electrons.